The molecule has 336 valence electrons. The number of para-hydroxylation sites is 6. The van der Waals surface area contributed by atoms with E-state index in [-0.39, 0.29) is 0 Å². The topological polar surface area (TPSA) is 69.6 Å². The standard InChI is InChI=1S/C64H40N8/c1-5-21-41(22-6-1)59-64(71-53-35-19-15-31-49(53)57-55(71)39-37-47-45-29-13-17-33-51(45)69(60(47)57)43-25-9-3-10-26-43)67-62(65-42-23-7-2-8-24-42)63(66-59)68-72-54-36-20-16-32-50(54)58-56(72)40-38-48-46-30-14-18-34-52(46)70(61(48)58)44-27-11-4-12-28-44/h1-2,4-9,11-40H,(H,65,67)(H,66,68). The van der Waals surface area contributed by atoms with E-state index in [4.69, 9.17) is 9.97 Å². The zero-order chi connectivity index (χ0) is 47.3. The molecule has 2 N–H and O–H groups in total. The molecule has 0 amide bonds. The largest absolute Gasteiger partial charge is 0.337 e. The van der Waals surface area contributed by atoms with Crippen LogP contribution in [0, 0.1) is 12.1 Å². The molecule has 0 bridgehead atoms. The number of hydrogen-bond acceptors (Lipinski definition) is 4. The monoisotopic (exact) mass is 920 g/mol. The SMILES string of the molecule is c1ccc(-n2c3ccccc3c3ccc4c(c5ccccc5n4-c4nc(Nc5ccccc5)c(Nn5c6ccccc6c6c5ccc5c7ccccc7n(-c7ccccc7)c56)nc4-c4ccccc4)c32)cc#1. The van der Waals surface area contributed by atoms with Gasteiger partial charge in [0, 0.05) is 66.1 Å². The minimum atomic E-state index is 0.563. The minimum Gasteiger partial charge on any atom is -0.337 e. The summed E-state index contributed by atoms with van der Waals surface area (Å²) in [6, 6.07) is 87.3. The summed E-state index contributed by atoms with van der Waals surface area (Å²) in [6.45, 7) is 0. The van der Waals surface area contributed by atoms with E-state index in [1.807, 2.05) is 36.4 Å². The van der Waals surface area contributed by atoms with Gasteiger partial charge in [-0.15, -0.1) is 0 Å². The first kappa shape index (κ1) is 39.9. The lowest BCUT2D eigenvalue weighted by Crippen LogP contribution is -2.15. The summed E-state index contributed by atoms with van der Waals surface area (Å²) in [7, 11) is 0. The molecular weight excluding hydrogens is 881 g/mol. The molecule has 0 saturated heterocycles. The summed E-state index contributed by atoms with van der Waals surface area (Å²) in [6.07, 6.45) is 0. The van der Waals surface area contributed by atoms with Gasteiger partial charge in [0.15, 0.2) is 17.5 Å². The number of nitrogens with one attached hydrogen (secondary N) is 2. The van der Waals surface area contributed by atoms with Crippen molar-refractivity contribution in [3.8, 4) is 28.5 Å². The second-order valence-electron chi connectivity index (χ2n) is 18.2. The number of nitrogens with zero attached hydrogens (tertiary/aromatic N) is 6. The summed E-state index contributed by atoms with van der Waals surface area (Å²) in [5.41, 5.74) is 17.2. The van der Waals surface area contributed by atoms with E-state index < -0.39 is 0 Å². The Balaban J connectivity index is 1.02. The Morgan fingerprint density at radius 2 is 0.889 bits per heavy atom. The molecule has 0 unspecified atom stereocenters. The molecule has 0 saturated carbocycles. The van der Waals surface area contributed by atoms with Gasteiger partial charge in [0.1, 0.15) is 5.69 Å². The smallest absolute Gasteiger partial charge is 0.189 e. The summed E-state index contributed by atoms with van der Waals surface area (Å²) in [5, 5.41) is 13.0. The molecule has 0 spiro atoms. The average Bonchev–Trinajstić information content (AvgIpc) is 4.17. The van der Waals surface area contributed by atoms with E-state index in [1.165, 1.54) is 21.5 Å². The van der Waals surface area contributed by atoms with Crippen LogP contribution < -0.4 is 10.7 Å². The molecule has 15 aromatic rings. The lowest BCUT2D eigenvalue weighted by molar-refractivity contribution is 0.997. The van der Waals surface area contributed by atoms with Gasteiger partial charge in [-0.3, -0.25) is 14.7 Å². The van der Waals surface area contributed by atoms with Crippen LogP contribution in [-0.2, 0) is 0 Å². The number of anilines is 3. The lowest BCUT2D eigenvalue weighted by atomic mass is 10.1. The van der Waals surface area contributed by atoms with Crippen molar-refractivity contribution in [1.29, 1.82) is 0 Å². The summed E-state index contributed by atoms with van der Waals surface area (Å²) >= 11 is 0. The third kappa shape index (κ3) is 5.89. The molecule has 15 rings (SSSR count). The Bertz CT molecular complexity index is 4610. The number of rotatable bonds is 8. The van der Waals surface area contributed by atoms with Gasteiger partial charge in [0.25, 0.3) is 0 Å². The van der Waals surface area contributed by atoms with Gasteiger partial charge in [0.05, 0.1) is 49.8 Å². The summed E-state index contributed by atoms with van der Waals surface area (Å²) < 4.78 is 9.25. The maximum absolute atomic E-state index is 5.76. The molecule has 10 aromatic carbocycles. The summed E-state index contributed by atoms with van der Waals surface area (Å²) in [4.78, 5) is 11.5. The highest BCUT2D eigenvalue weighted by molar-refractivity contribution is 6.27. The summed E-state index contributed by atoms with van der Waals surface area (Å²) in [5.74, 6) is 1.82. The zero-order valence-electron chi connectivity index (χ0n) is 38.6. The second kappa shape index (κ2) is 15.7. The Kier molecular flexibility index (Phi) is 8.70. The first-order valence-corrected chi connectivity index (χ1v) is 24.2. The Hall–Kier alpha value is -10.1. The van der Waals surface area contributed by atoms with Gasteiger partial charge in [0.2, 0.25) is 0 Å². The highest BCUT2D eigenvalue weighted by atomic mass is 15.4. The quantitative estimate of drug-likeness (QED) is 0.159. The number of aromatic nitrogens is 6. The predicted octanol–water partition coefficient (Wildman–Crippen LogP) is 15.8. The van der Waals surface area contributed by atoms with Gasteiger partial charge < -0.3 is 14.5 Å². The minimum absolute atomic E-state index is 0.563. The molecule has 8 nitrogen and oxygen atoms in total. The Morgan fingerprint density at radius 1 is 0.361 bits per heavy atom. The van der Waals surface area contributed by atoms with E-state index >= 15 is 0 Å². The molecule has 72 heavy (non-hydrogen) atoms. The maximum atomic E-state index is 5.76. The van der Waals surface area contributed by atoms with Crippen molar-refractivity contribution in [1.82, 2.24) is 28.3 Å². The van der Waals surface area contributed by atoms with Crippen LogP contribution in [0.15, 0.2) is 231 Å². The van der Waals surface area contributed by atoms with Crippen molar-refractivity contribution < 1.29 is 0 Å². The van der Waals surface area contributed by atoms with E-state index in [9.17, 15) is 0 Å². The van der Waals surface area contributed by atoms with Crippen molar-refractivity contribution in [3.63, 3.8) is 0 Å². The zero-order valence-corrected chi connectivity index (χ0v) is 38.6. The highest BCUT2D eigenvalue weighted by Gasteiger charge is 2.26. The normalized spacial score (nSPS) is 11.8. The molecular formula is C64H40N8. The number of benzene rings is 9. The number of fused-ring (bicyclic) bond motifs is 14. The molecule has 0 radical (unpaired) electrons. The van der Waals surface area contributed by atoms with E-state index in [0.717, 1.165) is 94.0 Å². The molecule has 0 atom stereocenters. The molecule has 0 fully saturated rings. The van der Waals surface area contributed by atoms with Crippen LogP contribution >= 0.6 is 0 Å². The van der Waals surface area contributed by atoms with Gasteiger partial charge >= 0.3 is 0 Å². The van der Waals surface area contributed by atoms with Crippen molar-refractivity contribution in [2.75, 3.05) is 10.7 Å². The lowest BCUT2D eigenvalue weighted by Gasteiger charge is -2.20. The molecule has 5 aromatic heterocycles. The van der Waals surface area contributed by atoms with Crippen LogP contribution in [0.4, 0.5) is 17.3 Å². The third-order valence-electron chi connectivity index (χ3n) is 14.2. The fourth-order valence-corrected chi connectivity index (χ4v) is 11.3. The molecule has 5 heterocycles. The van der Waals surface area contributed by atoms with Crippen LogP contribution in [0.1, 0.15) is 0 Å². The Morgan fingerprint density at radius 3 is 1.54 bits per heavy atom. The van der Waals surface area contributed by atoms with E-state index in [2.05, 4.69) is 235 Å². The maximum Gasteiger partial charge on any atom is 0.189 e. The average molecular weight is 921 g/mol. The van der Waals surface area contributed by atoms with Gasteiger partial charge in [-0.05, 0) is 72.8 Å². The van der Waals surface area contributed by atoms with Crippen molar-refractivity contribution in [2.24, 2.45) is 0 Å². The van der Waals surface area contributed by atoms with E-state index in [1.54, 1.807) is 0 Å². The predicted molar refractivity (Wildman–Crippen MR) is 296 cm³/mol. The number of hydrogen-bond donors (Lipinski definition) is 2. The second-order valence-corrected chi connectivity index (χ2v) is 18.2. The third-order valence-corrected chi connectivity index (χ3v) is 14.2. The van der Waals surface area contributed by atoms with Crippen LogP contribution in [0.25, 0.3) is 116 Å². The van der Waals surface area contributed by atoms with Gasteiger partial charge in [-0.2, -0.15) is 0 Å². The first-order chi connectivity index (χ1) is 35.8. The van der Waals surface area contributed by atoms with Crippen LogP contribution in [0.2, 0.25) is 0 Å². The van der Waals surface area contributed by atoms with Crippen LogP contribution in [0.5, 0.6) is 0 Å². The molecule has 0 aliphatic rings. The molecule has 0 aliphatic heterocycles. The van der Waals surface area contributed by atoms with Crippen molar-refractivity contribution in [3.05, 3.63) is 243 Å². The van der Waals surface area contributed by atoms with Gasteiger partial charge in [-0.1, -0.05) is 164 Å². The fourth-order valence-electron chi connectivity index (χ4n) is 11.3. The van der Waals surface area contributed by atoms with Gasteiger partial charge in [-0.25, -0.2) is 9.97 Å². The first-order valence-electron chi connectivity index (χ1n) is 24.2. The molecule has 0 aliphatic carbocycles. The Labute approximate surface area is 412 Å². The van der Waals surface area contributed by atoms with Crippen molar-refractivity contribution in [2.45, 2.75) is 0 Å². The fraction of sp³-hybridized carbons (Fsp3) is 0. The van der Waals surface area contributed by atoms with Crippen LogP contribution in [-0.4, -0.2) is 28.3 Å². The van der Waals surface area contributed by atoms with E-state index in [0.29, 0.717) is 17.5 Å². The molecule has 8 heteroatoms. The van der Waals surface area contributed by atoms with Crippen molar-refractivity contribution >= 4 is 105 Å². The highest BCUT2D eigenvalue weighted by Crippen LogP contribution is 2.45. The van der Waals surface area contributed by atoms with Crippen LogP contribution in [0.3, 0.4) is 0 Å².